The Kier molecular flexibility index (Phi) is 6.28. The number of imidazole rings is 1. The van der Waals surface area contributed by atoms with E-state index < -0.39 is 0 Å². The molecule has 0 fully saturated rings. The molecule has 35 heavy (non-hydrogen) atoms. The van der Waals surface area contributed by atoms with E-state index in [0.717, 1.165) is 46.9 Å². The lowest BCUT2D eigenvalue weighted by Gasteiger charge is -2.12. The van der Waals surface area contributed by atoms with Crippen molar-refractivity contribution in [3.8, 4) is 17.2 Å². The van der Waals surface area contributed by atoms with Gasteiger partial charge in [-0.25, -0.2) is 9.13 Å². The minimum absolute atomic E-state index is 0. The molecular weight excluding hydrogens is 508 g/mol. The van der Waals surface area contributed by atoms with Gasteiger partial charge in [-0.05, 0) is 42.5 Å². The zero-order valence-corrected chi connectivity index (χ0v) is 21.4. The average molecular weight is 535 g/mol. The highest BCUT2D eigenvalue weighted by atomic mass is 79.9. The number of ketones is 1. The number of methoxy groups -OCH3 is 1. The van der Waals surface area contributed by atoms with E-state index in [1.54, 1.807) is 7.11 Å². The molecule has 2 aliphatic heterocycles. The normalized spacial score (nSPS) is 13.5. The SMILES string of the molecule is COc1ccc(C(=O)Cn2c(C)[n+](Cc3c4c(cc5c3OCC5)OCC4)c3ccccc32)cc1.[Br-]. The van der Waals surface area contributed by atoms with Crippen LogP contribution in [-0.2, 0) is 25.9 Å². The fourth-order valence-electron chi connectivity index (χ4n) is 5.24. The van der Waals surface area contributed by atoms with Crippen molar-refractivity contribution in [3.05, 3.63) is 82.7 Å². The minimum Gasteiger partial charge on any atom is -1.00 e. The summed E-state index contributed by atoms with van der Waals surface area (Å²) in [5.41, 5.74) is 6.51. The second-order valence-corrected chi connectivity index (χ2v) is 8.88. The van der Waals surface area contributed by atoms with Crippen molar-refractivity contribution in [2.75, 3.05) is 20.3 Å². The Morgan fingerprint density at radius 2 is 1.83 bits per heavy atom. The number of rotatable bonds is 6. The molecule has 0 atom stereocenters. The summed E-state index contributed by atoms with van der Waals surface area (Å²) in [6.07, 6.45) is 1.82. The van der Waals surface area contributed by atoms with Crippen LogP contribution in [0.2, 0.25) is 0 Å². The number of benzene rings is 3. The lowest BCUT2D eigenvalue weighted by molar-refractivity contribution is -0.669. The Bertz CT molecular complexity index is 1390. The monoisotopic (exact) mass is 534 g/mol. The molecule has 0 radical (unpaired) electrons. The second kappa shape index (κ2) is 9.38. The maximum absolute atomic E-state index is 13.2. The summed E-state index contributed by atoms with van der Waals surface area (Å²) in [5.74, 6) is 3.85. The van der Waals surface area contributed by atoms with Gasteiger partial charge in [-0.15, -0.1) is 0 Å². The number of halogens is 1. The molecule has 0 unspecified atom stereocenters. The zero-order valence-electron chi connectivity index (χ0n) is 19.8. The molecule has 7 heteroatoms. The number of ether oxygens (including phenoxy) is 3. The molecule has 0 N–H and O–H groups in total. The van der Waals surface area contributed by atoms with E-state index in [2.05, 4.69) is 34.3 Å². The van der Waals surface area contributed by atoms with E-state index in [9.17, 15) is 4.79 Å². The van der Waals surface area contributed by atoms with E-state index in [0.29, 0.717) is 25.3 Å². The van der Waals surface area contributed by atoms with Crippen molar-refractivity contribution in [2.24, 2.45) is 0 Å². The van der Waals surface area contributed by atoms with Crippen LogP contribution in [0.15, 0.2) is 54.6 Å². The predicted octanol–water partition coefficient (Wildman–Crippen LogP) is 1.05. The van der Waals surface area contributed by atoms with Crippen molar-refractivity contribution in [1.82, 2.24) is 4.57 Å². The van der Waals surface area contributed by atoms with Gasteiger partial charge in [0.1, 0.15) is 23.8 Å². The molecule has 3 heterocycles. The van der Waals surface area contributed by atoms with Crippen LogP contribution >= 0.6 is 0 Å². The van der Waals surface area contributed by atoms with Gasteiger partial charge in [-0.3, -0.25) is 4.79 Å². The zero-order chi connectivity index (χ0) is 23.2. The van der Waals surface area contributed by atoms with Gasteiger partial charge < -0.3 is 31.2 Å². The van der Waals surface area contributed by atoms with Crippen molar-refractivity contribution < 1.29 is 40.6 Å². The molecule has 6 nitrogen and oxygen atoms in total. The van der Waals surface area contributed by atoms with Gasteiger partial charge in [0.2, 0.25) is 5.78 Å². The van der Waals surface area contributed by atoms with Gasteiger partial charge >= 0.3 is 0 Å². The number of Topliss-reactive ketones (excluding diaryl/α,β-unsaturated/α-hetero) is 1. The number of carbonyl (C=O) groups is 1. The minimum atomic E-state index is 0. The largest absolute Gasteiger partial charge is 1.00 e. The smallest absolute Gasteiger partial charge is 0.254 e. The summed E-state index contributed by atoms with van der Waals surface area (Å²) in [4.78, 5) is 13.2. The summed E-state index contributed by atoms with van der Waals surface area (Å²) in [6.45, 7) is 4.48. The van der Waals surface area contributed by atoms with Crippen LogP contribution in [0.4, 0.5) is 0 Å². The Morgan fingerprint density at radius 3 is 2.63 bits per heavy atom. The summed E-state index contributed by atoms with van der Waals surface area (Å²) in [7, 11) is 1.62. The molecule has 0 aliphatic carbocycles. The molecule has 1 aromatic heterocycles. The van der Waals surface area contributed by atoms with Gasteiger partial charge in [0.05, 0.1) is 20.3 Å². The van der Waals surface area contributed by atoms with Crippen LogP contribution in [-0.4, -0.2) is 30.7 Å². The summed E-state index contributed by atoms with van der Waals surface area (Å²) in [5, 5.41) is 0. The van der Waals surface area contributed by atoms with Gasteiger partial charge in [0.25, 0.3) is 5.82 Å². The highest BCUT2D eigenvalue weighted by molar-refractivity contribution is 5.96. The number of hydrogen-bond acceptors (Lipinski definition) is 4. The van der Waals surface area contributed by atoms with Gasteiger partial charge in [-0.1, -0.05) is 12.1 Å². The third-order valence-corrected chi connectivity index (χ3v) is 7.03. The van der Waals surface area contributed by atoms with E-state index in [-0.39, 0.29) is 29.3 Å². The topological polar surface area (TPSA) is 53.6 Å². The Hall–Kier alpha value is -3.32. The second-order valence-electron chi connectivity index (χ2n) is 8.88. The first kappa shape index (κ1) is 23.4. The van der Waals surface area contributed by atoms with Gasteiger partial charge in [0.15, 0.2) is 17.6 Å². The Morgan fingerprint density at radius 1 is 1.06 bits per heavy atom. The van der Waals surface area contributed by atoms with Crippen molar-refractivity contribution >= 4 is 16.8 Å². The summed E-state index contributed by atoms with van der Waals surface area (Å²) < 4.78 is 21.6. The number of aromatic nitrogens is 2. The molecule has 180 valence electrons. The third kappa shape index (κ3) is 3.97. The number of hydrogen-bond donors (Lipinski definition) is 0. The van der Waals surface area contributed by atoms with Crippen LogP contribution in [0.5, 0.6) is 17.2 Å². The van der Waals surface area contributed by atoms with E-state index in [1.165, 1.54) is 16.7 Å². The molecule has 0 spiro atoms. The standard InChI is InChI=1S/C28H27N2O4.BrH/c1-18-29(16-23-22-12-14-33-27(22)15-20-11-13-34-28(20)23)24-5-3-4-6-25(24)30(18)17-26(31)19-7-9-21(32-2)10-8-19;/h3-10,15H,11-14,16-17H2,1-2H3;1H/q+1;/p-1. The maximum atomic E-state index is 13.2. The van der Waals surface area contributed by atoms with Crippen molar-refractivity contribution in [2.45, 2.75) is 32.9 Å². The first-order valence-corrected chi connectivity index (χ1v) is 11.7. The molecule has 4 aromatic rings. The van der Waals surface area contributed by atoms with Crippen LogP contribution in [0.1, 0.15) is 32.9 Å². The first-order valence-electron chi connectivity index (χ1n) is 11.7. The predicted molar refractivity (Wildman–Crippen MR) is 128 cm³/mol. The number of fused-ring (bicyclic) bond motifs is 3. The molecular formula is C28H27BrN2O4. The lowest BCUT2D eigenvalue weighted by atomic mass is 9.99. The molecule has 2 aliphatic rings. The quantitative estimate of drug-likeness (QED) is 0.274. The summed E-state index contributed by atoms with van der Waals surface area (Å²) in [6, 6.07) is 17.7. The van der Waals surface area contributed by atoms with Crippen molar-refractivity contribution in [1.29, 1.82) is 0 Å². The van der Waals surface area contributed by atoms with Gasteiger partial charge in [-0.2, -0.15) is 0 Å². The van der Waals surface area contributed by atoms with E-state index in [4.69, 9.17) is 14.2 Å². The number of para-hydroxylation sites is 2. The van der Waals surface area contributed by atoms with Crippen LogP contribution in [0.25, 0.3) is 11.0 Å². The molecule has 0 amide bonds. The average Bonchev–Trinajstić information content (AvgIpc) is 3.59. The Labute approximate surface area is 214 Å². The lowest BCUT2D eigenvalue weighted by Crippen LogP contribution is -3.00. The van der Waals surface area contributed by atoms with E-state index >= 15 is 0 Å². The fraction of sp³-hybridized carbons (Fsp3) is 0.286. The highest BCUT2D eigenvalue weighted by Crippen LogP contribution is 2.40. The first-order chi connectivity index (χ1) is 16.6. The Balaban J connectivity index is 0.00000253. The van der Waals surface area contributed by atoms with Crippen molar-refractivity contribution in [3.63, 3.8) is 0 Å². The highest BCUT2D eigenvalue weighted by Gasteiger charge is 2.30. The number of carbonyl (C=O) groups excluding carboxylic acids is 1. The maximum Gasteiger partial charge on any atom is 0.254 e. The molecule has 6 rings (SSSR count). The summed E-state index contributed by atoms with van der Waals surface area (Å²) >= 11 is 0. The van der Waals surface area contributed by atoms with Crippen LogP contribution in [0.3, 0.4) is 0 Å². The molecule has 0 saturated carbocycles. The molecule has 3 aromatic carbocycles. The van der Waals surface area contributed by atoms with Crippen LogP contribution in [0, 0.1) is 6.92 Å². The van der Waals surface area contributed by atoms with Crippen LogP contribution < -0.4 is 35.8 Å². The van der Waals surface area contributed by atoms with Gasteiger partial charge in [0, 0.05) is 42.0 Å². The van der Waals surface area contributed by atoms with E-state index in [1.807, 2.05) is 36.4 Å². The number of nitrogens with zero attached hydrogens (tertiary/aromatic N) is 2. The molecule has 0 saturated heterocycles. The third-order valence-electron chi connectivity index (χ3n) is 7.03. The molecule has 0 bridgehead atoms. The fourth-order valence-corrected chi connectivity index (χ4v) is 5.24.